The molecule has 1 aliphatic rings. The van der Waals surface area contributed by atoms with Crippen molar-refractivity contribution in [1.29, 1.82) is 0 Å². The van der Waals surface area contributed by atoms with Crippen molar-refractivity contribution in [2.45, 2.75) is 84.5 Å². The molecule has 0 radical (unpaired) electrons. The SMILES string of the molecule is C[C@@H]1CCC[C@@H](C)N1C(=O)[C@@H](C)[NH+](C)CC(=O)NC(C)(C)C. The molecule has 0 spiro atoms. The van der Waals surface area contributed by atoms with Crippen molar-refractivity contribution in [3.8, 4) is 0 Å². The summed E-state index contributed by atoms with van der Waals surface area (Å²) in [5.74, 6) is 0.158. The highest BCUT2D eigenvalue weighted by atomic mass is 16.2. The lowest BCUT2D eigenvalue weighted by Gasteiger charge is -2.40. The fraction of sp³-hybridized carbons (Fsp3) is 0.882. The van der Waals surface area contributed by atoms with E-state index in [0.29, 0.717) is 18.6 Å². The summed E-state index contributed by atoms with van der Waals surface area (Å²) in [6.07, 6.45) is 3.34. The topological polar surface area (TPSA) is 53.9 Å². The molecule has 0 aromatic carbocycles. The summed E-state index contributed by atoms with van der Waals surface area (Å²) in [7, 11) is 1.92. The molecule has 1 saturated heterocycles. The fourth-order valence-electron chi connectivity index (χ4n) is 3.16. The van der Waals surface area contributed by atoms with Gasteiger partial charge in [0.1, 0.15) is 0 Å². The standard InChI is InChI=1S/C17H33N3O2/c1-12-9-8-10-13(2)20(12)16(22)14(3)19(7)11-15(21)18-17(4,5)6/h12-14H,8-11H2,1-7H3,(H,18,21)/p+1/t12-,13-,14-/m1/s1. The molecule has 0 aromatic heterocycles. The minimum atomic E-state index is -0.236. The smallest absolute Gasteiger partial charge is 0.281 e. The van der Waals surface area contributed by atoms with Crippen molar-refractivity contribution >= 4 is 11.8 Å². The Morgan fingerprint density at radius 1 is 1.23 bits per heavy atom. The Bertz CT molecular complexity index is 393. The maximum absolute atomic E-state index is 12.8. The van der Waals surface area contributed by atoms with Crippen LogP contribution in [0.15, 0.2) is 0 Å². The number of carbonyl (C=O) groups is 2. The highest BCUT2D eigenvalue weighted by Crippen LogP contribution is 2.22. The zero-order valence-electron chi connectivity index (χ0n) is 15.3. The largest absolute Gasteiger partial charge is 0.347 e. The van der Waals surface area contributed by atoms with Crippen LogP contribution in [-0.4, -0.2) is 54.0 Å². The van der Waals surface area contributed by atoms with Crippen LogP contribution in [0.4, 0.5) is 0 Å². The predicted octanol–water partition coefficient (Wildman–Crippen LogP) is 0.594. The molecule has 0 aromatic rings. The number of piperidine rings is 1. The van der Waals surface area contributed by atoms with Crippen molar-refractivity contribution in [1.82, 2.24) is 10.2 Å². The first-order chi connectivity index (χ1) is 10.0. The van der Waals surface area contributed by atoms with E-state index in [1.165, 1.54) is 6.42 Å². The van der Waals surface area contributed by atoms with Gasteiger partial charge in [0.2, 0.25) is 0 Å². The van der Waals surface area contributed by atoms with Crippen LogP contribution in [-0.2, 0) is 9.59 Å². The monoisotopic (exact) mass is 312 g/mol. The average molecular weight is 312 g/mol. The van der Waals surface area contributed by atoms with Crippen LogP contribution in [0.3, 0.4) is 0 Å². The first-order valence-corrected chi connectivity index (χ1v) is 8.48. The van der Waals surface area contributed by atoms with Gasteiger partial charge in [0.05, 0.1) is 7.05 Å². The summed E-state index contributed by atoms with van der Waals surface area (Å²) < 4.78 is 0. The summed E-state index contributed by atoms with van der Waals surface area (Å²) in [4.78, 5) is 27.8. The van der Waals surface area contributed by atoms with Crippen molar-refractivity contribution in [3.05, 3.63) is 0 Å². The number of nitrogens with zero attached hydrogens (tertiary/aromatic N) is 1. The number of rotatable bonds is 4. The van der Waals surface area contributed by atoms with Gasteiger partial charge in [0.15, 0.2) is 12.6 Å². The zero-order valence-corrected chi connectivity index (χ0v) is 15.3. The van der Waals surface area contributed by atoms with Crippen LogP contribution in [0.2, 0.25) is 0 Å². The number of likely N-dealkylation sites (N-methyl/N-ethyl adjacent to an activating group) is 1. The third kappa shape index (κ3) is 5.27. The van der Waals surface area contributed by atoms with Gasteiger partial charge in [-0.1, -0.05) is 0 Å². The molecule has 128 valence electrons. The number of amides is 2. The normalized spacial score (nSPS) is 25.5. The molecule has 1 rings (SSSR count). The summed E-state index contributed by atoms with van der Waals surface area (Å²) in [5, 5.41) is 2.96. The zero-order chi connectivity index (χ0) is 17.1. The van der Waals surface area contributed by atoms with Crippen LogP contribution >= 0.6 is 0 Å². The average Bonchev–Trinajstić information content (AvgIpc) is 2.34. The molecule has 1 fully saturated rings. The van der Waals surface area contributed by atoms with Crippen LogP contribution in [0.1, 0.15) is 60.8 Å². The van der Waals surface area contributed by atoms with Crippen LogP contribution in [0.5, 0.6) is 0 Å². The van der Waals surface area contributed by atoms with Crippen LogP contribution in [0.25, 0.3) is 0 Å². The molecule has 5 heteroatoms. The van der Waals surface area contributed by atoms with E-state index in [1.54, 1.807) is 0 Å². The molecule has 1 aliphatic heterocycles. The number of hydrogen-bond acceptors (Lipinski definition) is 2. The Morgan fingerprint density at radius 3 is 2.18 bits per heavy atom. The third-order valence-corrected chi connectivity index (χ3v) is 4.51. The van der Waals surface area contributed by atoms with Crippen molar-refractivity contribution in [3.63, 3.8) is 0 Å². The Kier molecular flexibility index (Phi) is 6.41. The summed E-state index contributed by atoms with van der Waals surface area (Å²) in [6, 6.07) is 0.401. The van der Waals surface area contributed by atoms with E-state index in [1.807, 2.05) is 39.6 Å². The number of likely N-dealkylation sites (tertiary alicyclic amines) is 1. The lowest BCUT2D eigenvalue weighted by atomic mass is 9.96. The maximum atomic E-state index is 12.8. The van der Waals surface area contributed by atoms with Gasteiger partial charge in [-0.2, -0.15) is 0 Å². The van der Waals surface area contributed by atoms with Gasteiger partial charge >= 0.3 is 0 Å². The van der Waals surface area contributed by atoms with E-state index < -0.39 is 0 Å². The minimum Gasteiger partial charge on any atom is -0.347 e. The summed E-state index contributed by atoms with van der Waals surface area (Å²) in [5.41, 5.74) is -0.236. The van der Waals surface area contributed by atoms with E-state index in [-0.39, 0.29) is 23.4 Å². The van der Waals surface area contributed by atoms with Gasteiger partial charge in [-0.25, -0.2) is 0 Å². The van der Waals surface area contributed by atoms with Crippen molar-refractivity contribution < 1.29 is 14.5 Å². The number of hydrogen-bond donors (Lipinski definition) is 2. The molecule has 0 aliphatic carbocycles. The van der Waals surface area contributed by atoms with E-state index in [9.17, 15) is 9.59 Å². The Hall–Kier alpha value is -1.10. The fourth-order valence-corrected chi connectivity index (χ4v) is 3.16. The molecule has 4 atom stereocenters. The van der Waals surface area contributed by atoms with Crippen LogP contribution < -0.4 is 10.2 Å². The van der Waals surface area contributed by atoms with Gasteiger partial charge < -0.3 is 15.1 Å². The summed E-state index contributed by atoms with van der Waals surface area (Å²) >= 11 is 0. The van der Waals surface area contributed by atoms with Gasteiger partial charge in [-0.15, -0.1) is 0 Å². The Morgan fingerprint density at radius 2 is 1.73 bits per heavy atom. The number of quaternary nitrogens is 1. The molecule has 0 bridgehead atoms. The maximum Gasteiger partial charge on any atom is 0.281 e. The quantitative estimate of drug-likeness (QED) is 0.798. The molecule has 0 saturated carbocycles. The second-order valence-corrected chi connectivity index (χ2v) is 7.92. The highest BCUT2D eigenvalue weighted by Gasteiger charge is 2.35. The molecule has 1 heterocycles. The molecule has 2 amide bonds. The minimum absolute atomic E-state index is 0.00982. The second kappa shape index (κ2) is 7.44. The molecular weight excluding hydrogens is 278 g/mol. The van der Waals surface area contributed by atoms with Gasteiger partial charge in [0, 0.05) is 17.6 Å². The number of carbonyl (C=O) groups excluding carboxylic acids is 2. The lowest BCUT2D eigenvalue weighted by Crippen LogP contribution is -3.15. The van der Waals surface area contributed by atoms with Gasteiger partial charge in [-0.05, 0) is 60.8 Å². The third-order valence-electron chi connectivity index (χ3n) is 4.51. The molecule has 1 unspecified atom stereocenters. The second-order valence-electron chi connectivity index (χ2n) is 7.92. The van der Waals surface area contributed by atoms with Crippen molar-refractivity contribution in [2.24, 2.45) is 0 Å². The van der Waals surface area contributed by atoms with E-state index >= 15 is 0 Å². The summed E-state index contributed by atoms with van der Waals surface area (Å²) in [6.45, 7) is 12.4. The van der Waals surface area contributed by atoms with Crippen molar-refractivity contribution in [2.75, 3.05) is 13.6 Å². The molecule has 22 heavy (non-hydrogen) atoms. The first kappa shape index (κ1) is 18.9. The highest BCUT2D eigenvalue weighted by molar-refractivity contribution is 5.82. The Labute approximate surface area is 135 Å². The van der Waals surface area contributed by atoms with E-state index in [2.05, 4.69) is 19.2 Å². The van der Waals surface area contributed by atoms with E-state index in [0.717, 1.165) is 17.7 Å². The van der Waals surface area contributed by atoms with E-state index in [4.69, 9.17) is 0 Å². The van der Waals surface area contributed by atoms with Gasteiger partial charge in [0.25, 0.3) is 11.8 Å². The first-order valence-electron chi connectivity index (χ1n) is 8.48. The predicted molar refractivity (Wildman–Crippen MR) is 88.7 cm³/mol. The Balaban J connectivity index is 2.63. The molecule has 2 N–H and O–H groups in total. The molecular formula is C17H34N3O2+. The van der Waals surface area contributed by atoms with Gasteiger partial charge in [-0.3, -0.25) is 9.59 Å². The lowest BCUT2D eigenvalue weighted by molar-refractivity contribution is -0.886. The van der Waals surface area contributed by atoms with Crippen LogP contribution in [0, 0.1) is 0 Å². The number of nitrogens with one attached hydrogen (secondary N) is 2. The molecule has 5 nitrogen and oxygen atoms in total.